The second-order valence-electron chi connectivity index (χ2n) is 4.87. The molecule has 1 rings (SSSR count). The molecule has 0 heterocycles. The van der Waals surface area contributed by atoms with Crippen molar-refractivity contribution in [3.05, 3.63) is 35.6 Å². The van der Waals surface area contributed by atoms with Gasteiger partial charge < -0.3 is 5.32 Å². The van der Waals surface area contributed by atoms with Crippen LogP contribution in [0.15, 0.2) is 35.6 Å². The SMILES string of the molecule is C=C1C(=C)C(NCC(C)(C)C)=C1C. The van der Waals surface area contributed by atoms with E-state index in [9.17, 15) is 0 Å². The van der Waals surface area contributed by atoms with Crippen molar-refractivity contribution in [2.24, 2.45) is 5.41 Å². The first-order chi connectivity index (χ1) is 5.83. The second-order valence-corrected chi connectivity index (χ2v) is 4.87. The van der Waals surface area contributed by atoms with E-state index in [1.807, 2.05) is 0 Å². The van der Waals surface area contributed by atoms with Gasteiger partial charge in [0.1, 0.15) is 0 Å². The van der Waals surface area contributed by atoms with E-state index in [1.165, 1.54) is 11.3 Å². The molecular weight excluding hydrogens is 158 g/mol. The Bertz CT molecular complexity index is 287. The number of hydrogen-bond donors (Lipinski definition) is 1. The van der Waals surface area contributed by atoms with Gasteiger partial charge in [0.05, 0.1) is 0 Å². The van der Waals surface area contributed by atoms with E-state index < -0.39 is 0 Å². The molecule has 13 heavy (non-hydrogen) atoms. The summed E-state index contributed by atoms with van der Waals surface area (Å²) in [5.41, 5.74) is 4.93. The molecule has 0 saturated heterocycles. The van der Waals surface area contributed by atoms with Gasteiger partial charge in [0.25, 0.3) is 0 Å². The molecule has 0 spiro atoms. The van der Waals surface area contributed by atoms with Gasteiger partial charge in [-0.25, -0.2) is 0 Å². The van der Waals surface area contributed by atoms with Crippen LogP contribution in [0.2, 0.25) is 0 Å². The minimum Gasteiger partial charge on any atom is -0.384 e. The van der Waals surface area contributed by atoms with Gasteiger partial charge in [-0.1, -0.05) is 33.9 Å². The summed E-state index contributed by atoms with van der Waals surface area (Å²) in [5, 5.41) is 3.41. The molecule has 0 atom stereocenters. The molecule has 1 nitrogen and oxygen atoms in total. The largest absolute Gasteiger partial charge is 0.384 e. The van der Waals surface area contributed by atoms with Crippen LogP contribution in [0, 0.1) is 5.41 Å². The van der Waals surface area contributed by atoms with Gasteiger partial charge in [0, 0.05) is 12.2 Å². The van der Waals surface area contributed by atoms with E-state index in [-0.39, 0.29) is 0 Å². The van der Waals surface area contributed by atoms with Crippen LogP contribution in [0.25, 0.3) is 0 Å². The molecule has 72 valence electrons. The highest BCUT2D eigenvalue weighted by atomic mass is 14.9. The lowest BCUT2D eigenvalue weighted by molar-refractivity contribution is 0.396. The molecule has 0 saturated carbocycles. The van der Waals surface area contributed by atoms with E-state index in [0.717, 1.165) is 17.7 Å². The molecule has 0 unspecified atom stereocenters. The summed E-state index contributed by atoms with van der Waals surface area (Å²) in [5.74, 6) is 0. The van der Waals surface area contributed by atoms with Crippen LogP contribution >= 0.6 is 0 Å². The van der Waals surface area contributed by atoms with Crippen molar-refractivity contribution in [2.45, 2.75) is 27.7 Å². The normalized spacial score (nSPS) is 17.5. The van der Waals surface area contributed by atoms with Crippen molar-refractivity contribution in [3.63, 3.8) is 0 Å². The van der Waals surface area contributed by atoms with Crippen molar-refractivity contribution in [3.8, 4) is 0 Å². The maximum Gasteiger partial charge on any atom is 0.0449 e. The summed E-state index contributed by atoms with van der Waals surface area (Å²) >= 11 is 0. The van der Waals surface area contributed by atoms with Gasteiger partial charge in [0.15, 0.2) is 0 Å². The third kappa shape index (κ3) is 2.03. The highest BCUT2D eigenvalue weighted by molar-refractivity contribution is 5.65. The zero-order valence-corrected chi connectivity index (χ0v) is 9.12. The highest BCUT2D eigenvalue weighted by Crippen LogP contribution is 2.35. The third-order valence-corrected chi connectivity index (χ3v) is 2.29. The minimum atomic E-state index is 0.310. The molecule has 0 aromatic heterocycles. The van der Waals surface area contributed by atoms with Crippen LogP contribution in [-0.2, 0) is 0 Å². The van der Waals surface area contributed by atoms with Gasteiger partial charge in [-0.15, -0.1) is 0 Å². The minimum absolute atomic E-state index is 0.310. The first-order valence-electron chi connectivity index (χ1n) is 4.66. The number of allylic oxidation sites excluding steroid dienone is 2. The zero-order chi connectivity index (χ0) is 10.2. The lowest BCUT2D eigenvalue weighted by atomic mass is 9.84. The predicted octanol–water partition coefficient (Wildman–Crippen LogP) is 3.02. The van der Waals surface area contributed by atoms with Gasteiger partial charge in [-0.05, 0) is 29.1 Å². The number of nitrogens with one attached hydrogen (secondary N) is 1. The molecule has 1 aliphatic rings. The molecule has 1 heteroatoms. The molecule has 0 aromatic carbocycles. The maximum atomic E-state index is 3.95. The van der Waals surface area contributed by atoms with Crippen LogP contribution in [0.4, 0.5) is 0 Å². The summed E-state index contributed by atoms with van der Waals surface area (Å²) in [6, 6.07) is 0. The summed E-state index contributed by atoms with van der Waals surface area (Å²) < 4.78 is 0. The summed E-state index contributed by atoms with van der Waals surface area (Å²) in [6.45, 7) is 17.6. The van der Waals surface area contributed by atoms with Gasteiger partial charge >= 0.3 is 0 Å². The monoisotopic (exact) mass is 177 g/mol. The van der Waals surface area contributed by atoms with Crippen molar-refractivity contribution >= 4 is 0 Å². The van der Waals surface area contributed by atoms with Crippen molar-refractivity contribution in [2.75, 3.05) is 6.54 Å². The first-order valence-corrected chi connectivity index (χ1v) is 4.66. The molecule has 0 fully saturated rings. The number of hydrogen-bond acceptors (Lipinski definition) is 1. The first kappa shape index (κ1) is 10.1. The molecular formula is C12H19N. The van der Waals surface area contributed by atoms with Crippen LogP contribution < -0.4 is 5.32 Å². The van der Waals surface area contributed by atoms with Gasteiger partial charge in [-0.2, -0.15) is 0 Å². The smallest absolute Gasteiger partial charge is 0.0449 e. The summed E-state index contributed by atoms with van der Waals surface area (Å²) in [6.07, 6.45) is 0. The number of rotatable bonds is 2. The topological polar surface area (TPSA) is 12.0 Å². The molecule has 0 aliphatic heterocycles. The average Bonchev–Trinajstić information content (AvgIpc) is 2.01. The molecule has 0 bridgehead atoms. The fourth-order valence-electron chi connectivity index (χ4n) is 1.28. The van der Waals surface area contributed by atoms with Crippen LogP contribution in [0.3, 0.4) is 0 Å². The van der Waals surface area contributed by atoms with Crippen LogP contribution in [0.5, 0.6) is 0 Å². The Hall–Kier alpha value is -0.980. The van der Waals surface area contributed by atoms with E-state index in [2.05, 4.69) is 46.2 Å². The lowest BCUT2D eigenvalue weighted by Gasteiger charge is -2.30. The lowest BCUT2D eigenvalue weighted by Crippen LogP contribution is -2.31. The van der Waals surface area contributed by atoms with Crippen molar-refractivity contribution in [1.82, 2.24) is 5.32 Å². The van der Waals surface area contributed by atoms with Gasteiger partial charge in [0.2, 0.25) is 0 Å². The van der Waals surface area contributed by atoms with E-state index in [1.54, 1.807) is 0 Å². The van der Waals surface area contributed by atoms with Gasteiger partial charge in [-0.3, -0.25) is 0 Å². The highest BCUT2D eigenvalue weighted by Gasteiger charge is 2.23. The molecule has 0 amide bonds. The zero-order valence-electron chi connectivity index (χ0n) is 9.12. The third-order valence-electron chi connectivity index (χ3n) is 2.29. The predicted molar refractivity (Wildman–Crippen MR) is 58.4 cm³/mol. The maximum absolute atomic E-state index is 3.95. The van der Waals surface area contributed by atoms with Crippen molar-refractivity contribution in [1.29, 1.82) is 0 Å². The Labute approximate surface area is 81.2 Å². The molecule has 1 aliphatic carbocycles. The molecule has 1 N–H and O–H groups in total. The Morgan fingerprint density at radius 3 is 2.08 bits per heavy atom. The quantitative estimate of drug-likeness (QED) is 0.683. The average molecular weight is 177 g/mol. The molecule has 0 radical (unpaired) electrons. The van der Waals surface area contributed by atoms with Crippen LogP contribution in [-0.4, -0.2) is 6.54 Å². The fourth-order valence-corrected chi connectivity index (χ4v) is 1.28. The van der Waals surface area contributed by atoms with E-state index >= 15 is 0 Å². The molecule has 0 aromatic rings. The Morgan fingerprint density at radius 1 is 1.15 bits per heavy atom. The second kappa shape index (κ2) is 3.06. The summed E-state index contributed by atoms with van der Waals surface area (Å²) in [7, 11) is 0. The van der Waals surface area contributed by atoms with E-state index in [0.29, 0.717) is 5.41 Å². The Morgan fingerprint density at radius 2 is 1.69 bits per heavy atom. The fraction of sp³-hybridized carbons (Fsp3) is 0.500. The van der Waals surface area contributed by atoms with Crippen molar-refractivity contribution < 1.29 is 0 Å². The summed E-state index contributed by atoms with van der Waals surface area (Å²) in [4.78, 5) is 0. The van der Waals surface area contributed by atoms with Crippen LogP contribution in [0.1, 0.15) is 27.7 Å². The van der Waals surface area contributed by atoms with E-state index in [4.69, 9.17) is 0 Å². The Kier molecular flexibility index (Phi) is 2.38. The Balaban J connectivity index is 2.58. The standard InChI is InChI=1S/C12H19N/c1-8-9(2)11(10(8)3)13-7-12(4,5)6/h13H,1-2,7H2,3-6H3.